The maximum Gasteiger partial charge on any atom is 0.323 e. The molecule has 0 saturated heterocycles. The second-order valence-electron chi connectivity index (χ2n) is 3.47. The number of rotatable bonds is 5. The predicted molar refractivity (Wildman–Crippen MR) is 64.4 cm³/mol. The lowest BCUT2D eigenvalue weighted by atomic mass is 10.3. The predicted octanol–water partition coefficient (Wildman–Crippen LogP) is 1.63. The zero-order chi connectivity index (χ0) is 13.0. The second kappa shape index (κ2) is 5.67. The Morgan fingerprint density at radius 1 is 1.59 bits per heavy atom. The average Bonchev–Trinajstić information content (AvgIpc) is 2.67. The number of nitrogens with zero attached hydrogens (tertiary/aromatic N) is 3. The summed E-state index contributed by atoms with van der Waals surface area (Å²) in [7, 11) is 1.50. The van der Waals surface area contributed by atoms with Gasteiger partial charge in [-0.1, -0.05) is 0 Å². The summed E-state index contributed by atoms with van der Waals surface area (Å²) in [5.74, 6) is -0.00874. The smallest absolute Gasteiger partial charge is 0.323 e. The fraction of sp³-hybridized carbons (Fsp3) is 0.500. The molecule has 0 saturated carbocycles. The van der Waals surface area contributed by atoms with Gasteiger partial charge in [-0.25, -0.2) is 4.57 Å². The summed E-state index contributed by atoms with van der Waals surface area (Å²) in [5.41, 5.74) is 0.295. The molecule has 1 aromatic heterocycles. The topological polar surface area (TPSA) is 68.4 Å². The third-order valence-corrected chi connectivity index (χ3v) is 2.69. The van der Waals surface area contributed by atoms with Crippen LogP contribution in [0.2, 0.25) is 0 Å². The highest BCUT2D eigenvalue weighted by molar-refractivity contribution is 6.18. The van der Waals surface area contributed by atoms with Gasteiger partial charge in [0, 0.05) is 25.0 Å². The quantitative estimate of drug-likeness (QED) is 0.459. The molecule has 7 heteroatoms. The van der Waals surface area contributed by atoms with Crippen molar-refractivity contribution in [2.24, 2.45) is 7.05 Å². The molecule has 1 aromatic rings. The van der Waals surface area contributed by atoms with E-state index in [1.807, 2.05) is 6.92 Å². The molecule has 0 aliphatic rings. The van der Waals surface area contributed by atoms with Crippen LogP contribution >= 0.6 is 11.6 Å². The van der Waals surface area contributed by atoms with Crippen LogP contribution in [0.4, 0.5) is 5.82 Å². The average molecular weight is 260 g/mol. The van der Waals surface area contributed by atoms with Gasteiger partial charge in [-0.2, -0.15) is 0 Å². The van der Waals surface area contributed by atoms with Crippen LogP contribution in [0, 0.1) is 10.1 Å². The first kappa shape index (κ1) is 13.5. The van der Waals surface area contributed by atoms with Gasteiger partial charge in [0.2, 0.25) is 0 Å². The van der Waals surface area contributed by atoms with Crippen molar-refractivity contribution in [3.05, 3.63) is 27.9 Å². The van der Waals surface area contributed by atoms with Gasteiger partial charge in [0.15, 0.2) is 5.69 Å². The molecule has 0 fully saturated rings. The van der Waals surface area contributed by atoms with Crippen LogP contribution in [-0.2, 0) is 7.05 Å². The number of alkyl halides is 1. The summed E-state index contributed by atoms with van der Waals surface area (Å²) in [6.45, 7) is 2.78. The van der Waals surface area contributed by atoms with Gasteiger partial charge in [-0.3, -0.25) is 4.79 Å². The number of amides is 1. The minimum Gasteiger partial charge on any atom is -0.358 e. The number of halogens is 1. The molecule has 0 N–H and O–H groups in total. The van der Waals surface area contributed by atoms with Crippen molar-refractivity contribution in [3.8, 4) is 0 Å². The van der Waals surface area contributed by atoms with E-state index in [0.29, 0.717) is 24.7 Å². The molecule has 17 heavy (non-hydrogen) atoms. The molecule has 94 valence electrons. The summed E-state index contributed by atoms with van der Waals surface area (Å²) in [4.78, 5) is 23.7. The van der Waals surface area contributed by atoms with Crippen molar-refractivity contribution in [1.82, 2.24) is 9.47 Å². The first-order chi connectivity index (χ1) is 8.02. The number of hydrogen-bond donors (Lipinski definition) is 0. The van der Waals surface area contributed by atoms with Crippen LogP contribution < -0.4 is 0 Å². The normalized spacial score (nSPS) is 10.3. The third-order valence-electron chi connectivity index (χ3n) is 2.52. The number of hydrogen-bond acceptors (Lipinski definition) is 3. The van der Waals surface area contributed by atoms with E-state index >= 15 is 0 Å². The Bertz CT molecular complexity index is 430. The second-order valence-corrected chi connectivity index (χ2v) is 3.84. The van der Waals surface area contributed by atoms with E-state index in [9.17, 15) is 14.9 Å². The van der Waals surface area contributed by atoms with E-state index in [4.69, 9.17) is 11.6 Å². The van der Waals surface area contributed by atoms with Crippen molar-refractivity contribution in [3.63, 3.8) is 0 Å². The van der Waals surface area contributed by atoms with E-state index in [1.165, 1.54) is 23.7 Å². The Hall–Kier alpha value is -1.56. The van der Waals surface area contributed by atoms with E-state index in [2.05, 4.69) is 0 Å². The fourth-order valence-corrected chi connectivity index (χ4v) is 1.77. The van der Waals surface area contributed by atoms with Gasteiger partial charge in [0.1, 0.15) is 0 Å². The molecule has 0 aliphatic carbocycles. The Balaban J connectivity index is 3.00. The zero-order valence-corrected chi connectivity index (χ0v) is 10.5. The van der Waals surface area contributed by atoms with E-state index in [1.54, 1.807) is 4.90 Å². The lowest BCUT2D eigenvalue weighted by Gasteiger charge is -2.18. The molecular formula is C10H14ClN3O3. The Labute approximate surface area is 104 Å². The van der Waals surface area contributed by atoms with E-state index in [-0.39, 0.29) is 11.7 Å². The fourth-order valence-electron chi connectivity index (χ4n) is 1.57. The molecule has 1 rings (SSSR count). The summed E-state index contributed by atoms with van der Waals surface area (Å²) in [6.07, 6.45) is 0. The molecule has 0 atom stereocenters. The number of carbonyl (C=O) groups is 1. The highest BCUT2D eigenvalue weighted by Gasteiger charge is 2.23. The largest absolute Gasteiger partial charge is 0.358 e. The lowest BCUT2D eigenvalue weighted by molar-refractivity contribution is -0.391. The van der Waals surface area contributed by atoms with Crippen LogP contribution in [0.1, 0.15) is 17.4 Å². The number of nitro groups is 1. The van der Waals surface area contributed by atoms with E-state index < -0.39 is 4.92 Å². The highest BCUT2D eigenvalue weighted by Crippen LogP contribution is 2.16. The molecule has 0 aliphatic heterocycles. The van der Waals surface area contributed by atoms with Gasteiger partial charge in [0.05, 0.1) is 7.05 Å². The van der Waals surface area contributed by atoms with Crippen LogP contribution in [0.5, 0.6) is 0 Å². The SMILES string of the molecule is CCN(CCCl)C(=O)c1ccc([N+](=O)[O-])n1C. The summed E-state index contributed by atoms with van der Waals surface area (Å²) in [5, 5.41) is 10.7. The molecule has 0 bridgehead atoms. The first-order valence-corrected chi connectivity index (χ1v) is 5.71. The standard InChI is InChI=1S/C10H14ClN3O3/c1-3-13(7-6-11)10(15)8-4-5-9(12(8)2)14(16)17/h4-5H,3,6-7H2,1-2H3. The van der Waals surface area contributed by atoms with E-state index in [0.717, 1.165) is 0 Å². The van der Waals surface area contributed by atoms with Crippen LogP contribution in [0.3, 0.4) is 0 Å². The zero-order valence-electron chi connectivity index (χ0n) is 9.72. The first-order valence-electron chi connectivity index (χ1n) is 5.18. The molecule has 0 aromatic carbocycles. The van der Waals surface area contributed by atoms with Crippen LogP contribution in [0.25, 0.3) is 0 Å². The summed E-state index contributed by atoms with van der Waals surface area (Å²) >= 11 is 5.59. The van der Waals surface area contributed by atoms with Gasteiger partial charge in [-0.05, 0) is 17.9 Å². The lowest BCUT2D eigenvalue weighted by Crippen LogP contribution is -2.33. The summed E-state index contributed by atoms with van der Waals surface area (Å²) < 4.78 is 1.28. The minimum absolute atomic E-state index is 0.102. The van der Waals surface area contributed by atoms with Crippen molar-refractivity contribution in [2.45, 2.75) is 6.92 Å². The molecular weight excluding hydrogens is 246 g/mol. The van der Waals surface area contributed by atoms with Gasteiger partial charge >= 0.3 is 5.82 Å². The molecule has 0 radical (unpaired) electrons. The van der Waals surface area contributed by atoms with Crippen molar-refractivity contribution in [1.29, 1.82) is 0 Å². The molecule has 1 amide bonds. The van der Waals surface area contributed by atoms with Crippen LogP contribution in [-0.4, -0.2) is 39.3 Å². The maximum absolute atomic E-state index is 12.0. The third kappa shape index (κ3) is 2.76. The molecule has 0 unspecified atom stereocenters. The Morgan fingerprint density at radius 2 is 2.24 bits per heavy atom. The Morgan fingerprint density at radius 3 is 2.65 bits per heavy atom. The van der Waals surface area contributed by atoms with Gasteiger partial charge in [-0.15, -0.1) is 11.6 Å². The van der Waals surface area contributed by atoms with Crippen molar-refractivity contribution < 1.29 is 9.72 Å². The maximum atomic E-state index is 12.0. The van der Waals surface area contributed by atoms with Crippen LogP contribution in [0.15, 0.2) is 12.1 Å². The monoisotopic (exact) mass is 259 g/mol. The van der Waals surface area contributed by atoms with Gasteiger partial charge in [0.25, 0.3) is 5.91 Å². The summed E-state index contributed by atoms with van der Waals surface area (Å²) in [6, 6.07) is 2.78. The van der Waals surface area contributed by atoms with Crippen molar-refractivity contribution >= 4 is 23.3 Å². The minimum atomic E-state index is -0.519. The molecule has 6 nitrogen and oxygen atoms in total. The molecule has 0 spiro atoms. The molecule has 1 heterocycles. The Kier molecular flexibility index (Phi) is 4.51. The van der Waals surface area contributed by atoms with Crippen molar-refractivity contribution in [2.75, 3.05) is 19.0 Å². The number of aromatic nitrogens is 1. The number of carbonyl (C=O) groups excluding carboxylic acids is 1. The van der Waals surface area contributed by atoms with Gasteiger partial charge < -0.3 is 15.0 Å². The highest BCUT2D eigenvalue weighted by atomic mass is 35.5.